The predicted octanol–water partition coefficient (Wildman–Crippen LogP) is 3.09. The summed E-state index contributed by atoms with van der Waals surface area (Å²) in [7, 11) is 0. The van der Waals surface area contributed by atoms with Gasteiger partial charge in [0.15, 0.2) is 0 Å². The second-order valence-corrected chi connectivity index (χ2v) is 8.96. The number of carbonyl (C=O) groups is 2. The van der Waals surface area contributed by atoms with E-state index in [-0.39, 0.29) is 11.8 Å². The fraction of sp³-hybridized carbons (Fsp3) is 0.308. The van der Waals surface area contributed by atoms with Crippen molar-refractivity contribution in [1.29, 1.82) is 5.26 Å². The molecule has 2 aliphatic heterocycles. The third-order valence-electron chi connectivity index (χ3n) is 6.55. The zero-order valence-electron chi connectivity index (χ0n) is 19.6. The van der Waals surface area contributed by atoms with Crippen molar-refractivity contribution in [1.82, 2.24) is 20.3 Å². The largest absolute Gasteiger partial charge is 0.344 e. The molecule has 0 unspecified atom stereocenters. The van der Waals surface area contributed by atoms with Gasteiger partial charge in [0.25, 0.3) is 0 Å². The molecule has 36 heavy (non-hydrogen) atoms. The average molecular weight is 483 g/mol. The third kappa shape index (κ3) is 5.41. The summed E-state index contributed by atoms with van der Waals surface area (Å²) >= 11 is 0. The Bertz CT molecular complexity index is 1300. The number of hydrogen-bond donors (Lipinski definition) is 3. The summed E-state index contributed by atoms with van der Waals surface area (Å²) in [6.07, 6.45) is 4.31. The van der Waals surface area contributed by atoms with Gasteiger partial charge in [0.2, 0.25) is 23.7 Å². The lowest BCUT2D eigenvalue weighted by atomic mass is 9.89. The molecule has 182 valence electrons. The van der Waals surface area contributed by atoms with Crippen LogP contribution in [0.1, 0.15) is 42.7 Å². The van der Waals surface area contributed by atoms with E-state index in [1.54, 1.807) is 12.1 Å². The highest BCUT2D eigenvalue weighted by Crippen LogP contribution is 2.30. The van der Waals surface area contributed by atoms with Crippen molar-refractivity contribution in [3.8, 4) is 6.07 Å². The molecule has 3 N–H and O–H groups in total. The summed E-state index contributed by atoms with van der Waals surface area (Å²) < 4.78 is 0. The fourth-order valence-corrected chi connectivity index (χ4v) is 4.59. The Hall–Kier alpha value is -4.52. The second kappa shape index (κ2) is 10.4. The van der Waals surface area contributed by atoms with Crippen LogP contribution in [0.2, 0.25) is 0 Å². The average Bonchev–Trinajstić information content (AvgIpc) is 3.36. The molecule has 2 aromatic carbocycles. The lowest BCUT2D eigenvalue weighted by Gasteiger charge is -2.32. The molecule has 5 rings (SSSR count). The van der Waals surface area contributed by atoms with E-state index in [0.29, 0.717) is 41.9 Å². The van der Waals surface area contributed by atoms with E-state index in [1.807, 2.05) is 36.4 Å². The number of rotatable bonds is 6. The van der Waals surface area contributed by atoms with Crippen molar-refractivity contribution < 1.29 is 9.59 Å². The summed E-state index contributed by atoms with van der Waals surface area (Å²) in [4.78, 5) is 39.1. The summed E-state index contributed by atoms with van der Waals surface area (Å²) in [6.45, 7) is 1.65. The topological polar surface area (TPSA) is 136 Å². The molecule has 0 spiro atoms. The molecule has 2 saturated heterocycles. The van der Waals surface area contributed by atoms with Crippen molar-refractivity contribution >= 4 is 35.1 Å². The molecule has 0 radical (unpaired) electrons. The summed E-state index contributed by atoms with van der Waals surface area (Å²) in [5, 5.41) is 17.7. The maximum absolute atomic E-state index is 12.4. The van der Waals surface area contributed by atoms with E-state index in [9.17, 15) is 9.59 Å². The molecule has 0 aliphatic carbocycles. The van der Waals surface area contributed by atoms with Gasteiger partial charge in [-0.2, -0.15) is 10.2 Å². The zero-order chi connectivity index (χ0) is 24.9. The third-order valence-corrected chi connectivity index (χ3v) is 6.55. The SMILES string of the molecule is N#Cc1ccc(C2CCN(c3ncnc(Nc4cccc(NC(=O)[C@@H]5CCC(=O)N5)c4)n3)CC2)cc1. The van der Waals surface area contributed by atoms with Crippen molar-refractivity contribution in [3.05, 3.63) is 66.0 Å². The van der Waals surface area contributed by atoms with Gasteiger partial charge >= 0.3 is 0 Å². The van der Waals surface area contributed by atoms with Crippen LogP contribution in [0.25, 0.3) is 0 Å². The fourth-order valence-electron chi connectivity index (χ4n) is 4.59. The van der Waals surface area contributed by atoms with Gasteiger partial charge in [-0.25, -0.2) is 9.97 Å². The first-order valence-electron chi connectivity index (χ1n) is 12.0. The smallest absolute Gasteiger partial charge is 0.246 e. The second-order valence-electron chi connectivity index (χ2n) is 8.96. The predicted molar refractivity (Wildman–Crippen MR) is 135 cm³/mol. The zero-order valence-corrected chi connectivity index (χ0v) is 19.6. The summed E-state index contributed by atoms with van der Waals surface area (Å²) in [5.41, 5.74) is 3.27. The van der Waals surface area contributed by atoms with E-state index in [1.165, 1.54) is 11.9 Å². The van der Waals surface area contributed by atoms with E-state index < -0.39 is 6.04 Å². The molecule has 1 atom stereocenters. The van der Waals surface area contributed by atoms with Gasteiger partial charge in [-0.1, -0.05) is 18.2 Å². The molecular formula is C26H26N8O2. The Morgan fingerprint density at radius 1 is 1.06 bits per heavy atom. The minimum absolute atomic E-state index is 0.102. The van der Waals surface area contributed by atoms with Crippen LogP contribution >= 0.6 is 0 Å². The molecule has 3 aromatic rings. The Morgan fingerprint density at radius 3 is 2.56 bits per heavy atom. The maximum atomic E-state index is 12.4. The highest BCUT2D eigenvalue weighted by molar-refractivity contribution is 5.99. The number of aromatic nitrogens is 3. The van der Waals surface area contributed by atoms with Gasteiger partial charge in [-0.3, -0.25) is 9.59 Å². The van der Waals surface area contributed by atoms with Crippen LogP contribution in [0.4, 0.5) is 23.3 Å². The number of anilines is 4. The number of amides is 2. The Balaban J connectivity index is 1.19. The van der Waals surface area contributed by atoms with Crippen LogP contribution in [-0.2, 0) is 9.59 Å². The lowest BCUT2D eigenvalue weighted by molar-refractivity contribution is -0.122. The first-order chi connectivity index (χ1) is 17.6. The number of piperidine rings is 1. The normalized spacial score (nSPS) is 17.8. The summed E-state index contributed by atoms with van der Waals surface area (Å²) in [6, 6.07) is 16.8. The van der Waals surface area contributed by atoms with Crippen LogP contribution in [-0.4, -0.2) is 45.9 Å². The summed E-state index contributed by atoms with van der Waals surface area (Å²) in [5.74, 6) is 1.15. The van der Waals surface area contributed by atoms with Gasteiger partial charge in [0, 0.05) is 30.9 Å². The number of hydrogen-bond acceptors (Lipinski definition) is 8. The highest BCUT2D eigenvalue weighted by Gasteiger charge is 2.27. The van der Waals surface area contributed by atoms with Gasteiger partial charge in [0.05, 0.1) is 11.6 Å². The first-order valence-corrected chi connectivity index (χ1v) is 12.0. The minimum atomic E-state index is -0.499. The standard InChI is InChI=1S/C26H26N8O2/c27-15-17-4-6-18(7-5-17)19-10-12-34(13-11-19)26-29-16-28-25(33-26)31-21-3-1-2-20(14-21)30-24(36)22-8-9-23(35)32-22/h1-7,14,16,19,22H,8-13H2,(H,30,36)(H,32,35)(H,28,29,31,33)/t22-/m0/s1. The monoisotopic (exact) mass is 482 g/mol. The Morgan fingerprint density at radius 2 is 1.83 bits per heavy atom. The Labute approximate surface area is 208 Å². The first kappa shape index (κ1) is 23.2. The molecule has 10 heteroatoms. The quantitative estimate of drug-likeness (QED) is 0.488. The van der Waals surface area contributed by atoms with Gasteiger partial charge in [0.1, 0.15) is 12.4 Å². The molecule has 0 saturated carbocycles. The van der Waals surface area contributed by atoms with E-state index in [4.69, 9.17) is 5.26 Å². The van der Waals surface area contributed by atoms with Crippen molar-refractivity contribution in [3.63, 3.8) is 0 Å². The highest BCUT2D eigenvalue weighted by atomic mass is 16.2. The molecule has 1 aromatic heterocycles. The minimum Gasteiger partial charge on any atom is -0.344 e. The number of benzene rings is 2. The number of nitrogens with one attached hydrogen (secondary N) is 3. The van der Waals surface area contributed by atoms with E-state index >= 15 is 0 Å². The number of carbonyl (C=O) groups excluding carboxylic acids is 2. The lowest BCUT2D eigenvalue weighted by Crippen LogP contribution is -2.37. The van der Waals surface area contributed by atoms with Crippen LogP contribution in [0, 0.1) is 11.3 Å². The molecule has 10 nitrogen and oxygen atoms in total. The van der Waals surface area contributed by atoms with Gasteiger partial charge in [-0.15, -0.1) is 0 Å². The van der Waals surface area contributed by atoms with Crippen LogP contribution in [0.5, 0.6) is 0 Å². The van der Waals surface area contributed by atoms with Crippen LogP contribution in [0.15, 0.2) is 54.9 Å². The maximum Gasteiger partial charge on any atom is 0.246 e. The number of nitriles is 1. The molecular weight excluding hydrogens is 456 g/mol. The van der Waals surface area contributed by atoms with Crippen LogP contribution < -0.4 is 20.9 Å². The number of nitrogens with zero attached hydrogens (tertiary/aromatic N) is 5. The van der Waals surface area contributed by atoms with E-state index in [2.05, 4.69) is 41.9 Å². The molecule has 3 heterocycles. The van der Waals surface area contributed by atoms with Crippen molar-refractivity contribution in [2.24, 2.45) is 0 Å². The molecule has 2 fully saturated rings. The van der Waals surface area contributed by atoms with Crippen molar-refractivity contribution in [2.45, 2.75) is 37.6 Å². The molecule has 2 amide bonds. The molecule has 0 bridgehead atoms. The van der Waals surface area contributed by atoms with Gasteiger partial charge < -0.3 is 20.9 Å². The van der Waals surface area contributed by atoms with Gasteiger partial charge in [-0.05, 0) is 61.1 Å². The van der Waals surface area contributed by atoms with Crippen molar-refractivity contribution in [2.75, 3.05) is 28.6 Å². The van der Waals surface area contributed by atoms with Crippen LogP contribution in [0.3, 0.4) is 0 Å². The Kier molecular flexibility index (Phi) is 6.71. The van der Waals surface area contributed by atoms with E-state index in [0.717, 1.165) is 31.6 Å². The molecule has 2 aliphatic rings.